The van der Waals surface area contributed by atoms with Gasteiger partial charge in [0.2, 0.25) is 0 Å². The van der Waals surface area contributed by atoms with E-state index in [4.69, 9.17) is 5.73 Å². The first-order chi connectivity index (χ1) is 3.93. The van der Waals surface area contributed by atoms with E-state index in [-0.39, 0.29) is 1.43 Å². The Kier molecular flexibility index (Phi) is 1.59. The monoisotopic (exact) mass is 110 g/mol. The molecule has 0 radical (unpaired) electrons. The summed E-state index contributed by atoms with van der Waals surface area (Å²) < 4.78 is 0. The summed E-state index contributed by atoms with van der Waals surface area (Å²) in [6.07, 6.45) is 1.74. The topological polar surface area (TPSA) is 38.9 Å². The second-order valence-electron chi connectivity index (χ2n) is 1.53. The molecule has 0 aromatic carbocycles. The van der Waals surface area contributed by atoms with E-state index in [1.807, 2.05) is 18.2 Å². The Morgan fingerprint density at radius 2 is 2.50 bits per heavy atom. The summed E-state index contributed by atoms with van der Waals surface area (Å²) in [5, 5.41) is 0. The fraction of sp³-hybridized carbons (Fsp3) is 0.167. The zero-order valence-corrected chi connectivity index (χ0v) is 4.54. The van der Waals surface area contributed by atoms with Crippen molar-refractivity contribution in [1.82, 2.24) is 4.98 Å². The predicted octanol–water partition coefficient (Wildman–Crippen LogP) is 0.786. The molecule has 0 spiro atoms. The van der Waals surface area contributed by atoms with Gasteiger partial charge in [-0.15, -0.1) is 0 Å². The molecule has 2 N–H and O–H groups in total. The standard InChI is InChI=1S/C6H8N2.H2/c7-5-6-3-1-2-4-8-6;/h1-4H,5,7H2;1H. The number of nitrogens with zero attached hydrogens (tertiary/aromatic N) is 1. The first kappa shape index (κ1) is 5.25. The van der Waals surface area contributed by atoms with E-state index in [0.29, 0.717) is 6.54 Å². The second kappa shape index (κ2) is 2.43. The van der Waals surface area contributed by atoms with Crippen LogP contribution in [0.1, 0.15) is 7.12 Å². The Labute approximate surface area is 49.8 Å². The summed E-state index contributed by atoms with van der Waals surface area (Å²) in [5.74, 6) is 0. The summed E-state index contributed by atoms with van der Waals surface area (Å²) in [6.45, 7) is 0.529. The maximum absolute atomic E-state index is 5.29. The molecule has 8 heavy (non-hydrogen) atoms. The number of rotatable bonds is 1. The van der Waals surface area contributed by atoms with Crippen LogP contribution in [0.25, 0.3) is 0 Å². The molecule has 44 valence electrons. The lowest BCUT2D eigenvalue weighted by atomic mass is 10.4. The van der Waals surface area contributed by atoms with Crippen molar-refractivity contribution in [2.45, 2.75) is 6.54 Å². The molecule has 1 aromatic rings. The molecule has 0 aliphatic carbocycles. The van der Waals surface area contributed by atoms with Gasteiger partial charge in [-0.3, -0.25) is 4.98 Å². The lowest BCUT2D eigenvalue weighted by Gasteiger charge is -1.89. The number of hydrogen-bond acceptors (Lipinski definition) is 2. The van der Waals surface area contributed by atoms with E-state index in [2.05, 4.69) is 4.98 Å². The summed E-state index contributed by atoms with van der Waals surface area (Å²) in [6, 6.07) is 5.70. The second-order valence-corrected chi connectivity index (χ2v) is 1.53. The molecule has 1 heterocycles. The van der Waals surface area contributed by atoms with Crippen LogP contribution in [0.3, 0.4) is 0 Å². The molecule has 0 fully saturated rings. The van der Waals surface area contributed by atoms with Gasteiger partial charge in [-0.05, 0) is 12.1 Å². The molecule has 0 amide bonds. The number of aromatic nitrogens is 1. The molecule has 1 rings (SSSR count). The van der Waals surface area contributed by atoms with E-state index < -0.39 is 0 Å². The van der Waals surface area contributed by atoms with Crippen molar-refractivity contribution in [3.8, 4) is 0 Å². The average molecular weight is 110 g/mol. The molecule has 0 aliphatic rings. The van der Waals surface area contributed by atoms with Crippen molar-refractivity contribution in [2.24, 2.45) is 5.73 Å². The zero-order chi connectivity index (χ0) is 5.82. The molecule has 0 aliphatic heterocycles. The van der Waals surface area contributed by atoms with E-state index in [9.17, 15) is 0 Å². The average Bonchev–Trinajstić information content (AvgIpc) is 1.90. The summed E-state index contributed by atoms with van der Waals surface area (Å²) in [4.78, 5) is 3.97. The van der Waals surface area contributed by atoms with Gasteiger partial charge >= 0.3 is 0 Å². The molecule has 0 unspecified atom stereocenters. The first-order valence-corrected chi connectivity index (χ1v) is 2.53. The van der Waals surface area contributed by atoms with Crippen LogP contribution in [0.2, 0.25) is 0 Å². The summed E-state index contributed by atoms with van der Waals surface area (Å²) >= 11 is 0. The molecular formula is C6H10N2. The first-order valence-electron chi connectivity index (χ1n) is 2.53. The van der Waals surface area contributed by atoms with Crippen molar-refractivity contribution in [2.75, 3.05) is 0 Å². The maximum Gasteiger partial charge on any atom is 0.0539 e. The summed E-state index contributed by atoms with van der Waals surface area (Å²) in [7, 11) is 0. The van der Waals surface area contributed by atoms with Crippen molar-refractivity contribution in [3.63, 3.8) is 0 Å². The van der Waals surface area contributed by atoms with Gasteiger partial charge in [0.15, 0.2) is 0 Å². The van der Waals surface area contributed by atoms with Crippen LogP contribution in [0.4, 0.5) is 0 Å². The number of pyridine rings is 1. The third-order valence-electron chi connectivity index (χ3n) is 0.935. The van der Waals surface area contributed by atoms with Crippen molar-refractivity contribution < 1.29 is 1.43 Å². The van der Waals surface area contributed by atoms with Crippen LogP contribution >= 0.6 is 0 Å². The van der Waals surface area contributed by atoms with Gasteiger partial charge in [-0.1, -0.05) is 6.07 Å². The minimum Gasteiger partial charge on any atom is -0.325 e. The van der Waals surface area contributed by atoms with E-state index in [0.717, 1.165) is 5.69 Å². The third-order valence-corrected chi connectivity index (χ3v) is 0.935. The van der Waals surface area contributed by atoms with Gasteiger partial charge in [0.25, 0.3) is 0 Å². The largest absolute Gasteiger partial charge is 0.325 e. The highest BCUT2D eigenvalue weighted by molar-refractivity contribution is 5.02. The summed E-state index contributed by atoms with van der Waals surface area (Å²) in [5.41, 5.74) is 6.22. The highest BCUT2D eigenvalue weighted by atomic mass is 14.7. The highest BCUT2D eigenvalue weighted by Gasteiger charge is 1.81. The van der Waals surface area contributed by atoms with Crippen LogP contribution in [-0.4, -0.2) is 4.98 Å². The van der Waals surface area contributed by atoms with Crippen molar-refractivity contribution in [3.05, 3.63) is 30.1 Å². The molecule has 0 bridgehead atoms. The molecular weight excluding hydrogens is 100 g/mol. The molecule has 0 saturated heterocycles. The molecule has 0 atom stereocenters. The van der Waals surface area contributed by atoms with Gasteiger partial charge in [0.1, 0.15) is 0 Å². The lowest BCUT2D eigenvalue weighted by Crippen LogP contribution is -1.97. The fourth-order valence-electron chi connectivity index (χ4n) is 0.519. The SMILES string of the molecule is NCc1ccccn1.[HH]. The Morgan fingerprint density at radius 3 is 2.88 bits per heavy atom. The fourth-order valence-corrected chi connectivity index (χ4v) is 0.519. The van der Waals surface area contributed by atoms with Gasteiger partial charge in [-0.2, -0.15) is 0 Å². The Morgan fingerprint density at radius 1 is 1.62 bits per heavy atom. The van der Waals surface area contributed by atoms with Crippen LogP contribution in [0.15, 0.2) is 24.4 Å². The maximum atomic E-state index is 5.29. The number of nitrogens with two attached hydrogens (primary N) is 1. The Balaban J connectivity index is 0.000000640. The van der Waals surface area contributed by atoms with Crippen molar-refractivity contribution in [1.29, 1.82) is 0 Å². The van der Waals surface area contributed by atoms with Gasteiger partial charge in [0.05, 0.1) is 5.69 Å². The minimum absolute atomic E-state index is 0. The quantitative estimate of drug-likeness (QED) is 0.580. The van der Waals surface area contributed by atoms with Crippen molar-refractivity contribution >= 4 is 0 Å². The zero-order valence-electron chi connectivity index (χ0n) is 4.54. The van der Waals surface area contributed by atoms with Gasteiger partial charge < -0.3 is 5.73 Å². The van der Waals surface area contributed by atoms with Gasteiger partial charge in [-0.25, -0.2) is 0 Å². The van der Waals surface area contributed by atoms with Gasteiger partial charge in [0, 0.05) is 14.2 Å². The third kappa shape index (κ3) is 1.04. The van der Waals surface area contributed by atoms with Crippen LogP contribution in [0.5, 0.6) is 0 Å². The Hall–Kier alpha value is -0.890. The highest BCUT2D eigenvalue weighted by Crippen LogP contribution is 1.88. The van der Waals surface area contributed by atoms with Crippen LogP contribution in [-0.2, 0) is 6.54 Å². The molecule has 0 saturated carbocycles. The lowest BCUT2D eigenvalue weighted by molar-refractivity contribution is 0.991. The Bertz CT molecular complexity index is 152. The van der Waals surface area contributed by atoms with E-state index in [1.165, 1.54) is 0 Å². The van der Waals surface area contributed by atoms with E-state index >= 15 is 0 Å². The minimum atomic E-state index is 0. The number of hydrogen-bond donors (Lipinski definition) is 1. The molecule has 2 nitrogen and oxygen atoms in total. The normalized spacial score (nSPS) is 9.12. The predicted molar refractivity (Wildman–Crippen MR) is 34.2 cm³/mol. The molecule has 1 aromatic heterocycles. The van der Waals surface area contributed by atoms with E-state index in [1.54, 1.807) is 6.20 Å². The smallest absolute Gasteiger partial charge is 0.0539 e. The van der Waals surface area contributed by atoms with Crippen LogP contribution < -0.4 is 5.73 Å². The molecule has 2 heteroatoms. The van der Waals surface area contributed by atoms with Crippen LogP contribution in [0, 0.1) is 0 Å².